The molecule has 1 aliphatic heterocycles. The first kappa shape index (κ1) is 19.3. The molecule has 1 aromatic carbocycles. The number of amides is 3. The summed E-state index contributed by atoms with van der Waals surface area (Å²) in [4.78, 5) is 25.9. The van der Waals surface area contributed by atoms with Gasteiger partial charge >= 0.3 is 6.03 Å². The van der Waals surface area contributed by atoms with E-state index in [-0.39, 0.29) is 18.7 Å². The molecule has 1 saturated carbocycles. The van der Waals surface area contributed by atoms with Gasteiger partial charge in [0, 0.05) is 32.6 Å². The third kappa shape index (κ3) is 5.77. The zero-order valence-electron chi connectivity index (χ0n) is 16.0. The maximum absolute atomic E-state index is 12.3. The molecule has 0 radical (unpaired) electrons. The zero-order chi connectivity index (χ0) is 19.1. The molecule has 27 heavy (non-hydrogen) atoms. The lowest BCUT2D eigenvalue weighted by Gasteiger charge is -2.23. The van der Waals surface area contributed by atoms with Crippen LogP contribution in [-0.2, 0) is 11.3 Å². The fourth-order valence-corrected chi connectivity index (χ4v) is 3.52. The standard InChI is InChI=1S/C20H29N3O4/c1-23(13-15-9-10-17-18(12-15)27-14-26-17)19(24)8-5-11-21-20(25)22-16-6-3-2-4-7-16/h9-10,12,16H,2-8,11,13-14H2,1H3,(H2,21,22,25). The fourth-order valence-electron chi connectivity index (χ4n) is 3.52. The predicted molar refractivity (Wildman–Crippen MR) is 102 cm³/mol. The molecule has 1 aliphatic carbocycles. The van der Waals surface area contributed by atoms with E-state index in [1.165, 1.54) is 19.3 Å². The number of ether oxygens (including phenoxy) is 2. The molecule has 3 rings (SSSR count). The minimum atomic E-state index is -0.122. The summed E-state index contributed by atoms with van der Waals surface area (Å²) in [5, 5.41) is 5.87. The second-order valence-electron chi connectivity index (χ2n) is 7.28. The number of hydrogen-bond acceptors (Lipinski definition) is 4. The summed E-state index contributed by atoms with van der Waals surface area (Å²) < 4.78 is 10.7. The molecular formula is C20H29N3O4. The van der Waals surface area contributed by atoms with Crippen molar-refractivity contribution in [1.29, 1.82) is 0 Å². The average Bonchev–Trinajstić information content (AvgIpc) is 3.13. The van der Waals surface area contributed by atoms with Crippen LogP contribution in [0.5, 0.6) is 11.5 Å². The van der Waals surface area contributed by atoms with Crippen molar-refractivity contribution in [3.05, 3.63) is 23.8 Å². The van der Waals surface area contributed by atoms with Crippen molar-refractivity contribution in [1.82, 2.24) is 15.5 Å². The molecule has 1 fully saturated rings. The number of nitrogens with one attached hydrogen (secondary N) is 2. The second kappa shape index (κ2) is 9.48. The van der Waals surface area contributed by atoms with Gasteiger partial charge in [0.2, 0.25) is 12.7 Å². The highest BCUT2D eigenvalue weighted by Gasteiger charge is 2.16. The van der Waals surface area contributed by atoms with Crippen molar-refractivity contribution >= 4 is 11.9 Å². The van der Waals surface area contributed by atoms with Crippen LogP contribution < -0.4 is 20.1 Å². The van der Waals surface area contributed by atoms with Gasteiger partial charge in [-0.15, -0.1) is 0 Å². The van der Waals surface area contributed by atoms with Crippen LogP contribution >= 0.6 is 0 Å². The van der Waals surface area contributed by atoms with Gasteiger partial charge in [0.25, 0.3) is 0 Å². The Hall–Kier alpha value is -2.44. The summed E-state index contributed by atoms with van der Waals surface area (Å²) in [6.45, 7) is 1.27. The fraction of sp³-hybridized carbons (Fsp3) is 0.600. The van der Waals surface area contributed by atoms with Gasteiger partial charge in [-0.2, -0.15) is 0 Å². The van der Waals surface area contributed by atoms with Crippen LogP contribution in [0.3, 0.4) is 0 Å². The number of nitrogens with zero attached hydrogens (tertiary/aromatic N) is 1. The molecule has 0 atom stereocenters. The van der Waals surface area contributed by atoms with Crippen molar-refractivity contribution in [2.45, 2.75) is 57.5 Å². The van der Waals surface area contributed by atoms with E-state index in [0.717, 1.165) is 29.9 Å². The molecule has 0 spiro atoms. The lowest BCUT2D eigenvalue weighted by molar-refractivity contribution is -0.130. The van der Waals surface area contributed by atoms with Crippen LogP contribution in [0, 0.1) is 0 Å². The normalized spacial score (nSPS) is 16.0. The van der Waals surface area contributed by atoms with Crippen molar-refractivity contribution in [2.24, 2.45) is 0 Å². The number of benzene rings is 1. The Morgan fingerprint density at radius 2 is 1.93 bits per heavy atom. The average molecular weight is 375 g/mol. The maximum atomic E-state index is 12.3. The molecule has 148 valence electrons. The van der Waals surface area contributed by atoms with E-state index in [4.69, 9.17) is 9.47 Å². The van der Waals surface area contributed by atoms with Crippen LogP contribution in [0.4, 0.5) is 4.79 Å². The molecule has 1 aromatic rings. The molecular weight excluding hydrogens is 346 g/mol. The van der Waals surface area contributed by atoms with Crippen LogP contribution in [0.25, 0.3) is 0 Å². The molecule has 1 heterocycles. The largest absolute Gasteiger partial charge is 0.454 e. The molecule has 0 bridgehead atoms. The first-order valence-corrected chi connectivity index (χ1v) is 9.78. The Bertz CT molecular complexity index is 659. The third-order valence-corrected chi connectivity index (χ3v) is 5.08. The van der Waals surface area contributed by atoms with Crippen molar-refractivity contribution in [2.75, 3.05) is 20.4 Å². The molecule has 0 aromatic heterocycles. The number of carbonyl (C=O) groups is 2. The van der Waals surface area contributed by atoms with Crippen LogP contribution in [0.15, 0.2) is 18.2 Å². The number of hydrogen-bond donors (Lipinski definition) is 2. The Balaban J connectivity index is 1.32. The van der Waals surface area contributed by atoms with E-state index >= 15 is 0 Å². The van der Waals surface area contributed by atoms with E-state index in [0.29, 0.717) is 32.0 Å². The molecule has 0 unspecified atom stereocenters. The number of fused-ring (bicyclic) bond motifs is 1. The third-order valence-electron chi connectivity index (χ3n) is 5.08. The molecule has 2 N–H and O–H groups in total. The summed E-state index contributed by atoms with van der Waals surface area (Å²) in [5.74, 6) is 1.52. The highest BCUT2D eigenvalue weighted by atomic mass is 16.7. The minimum Gasteiger partial charge on any atom is -0.454 e. The summed E-state index contributed by atoms with van der Waals surface area (Å²) >= 11 is 0. The van der Waals surface area contributed by atoms with Crippen LogP contribution in [0.2, 0.25) is 0 Å². The van der Waals surface area contributed by atoms with E-state index in [1.54, 1.807) is 11.9 Å². The molecule has 7 nitrogen and oxygen atoms in total. The highest BCUT2D eigenvalue weighted by molar-refractivity contribution is 5.76. The van der Waals surface area contributed by atoms with Gasteiger partial charge in [-0.3, -0.25) is 4.79 Å². The Morgan fingerprint density at radius 1 is 1.15 bits per heavy atom. The smallest absolute Gasteiger partial charge is 0.315 e. The Kier molecular flexibility index (Phi) is 6.79. The van der Waals surface area contributed by atoms with Gasteiger partial charge in [0.15, 0.2) is 11.5 Å². The molecule has 3 amide bonds. The molecule has 7 heteroatoms. The lowest BCUT2D eigenvalue weighted by atomic mass is 9.96. The minimum absolute atomic E-state index is 0.0576. The maximum Gasteiger partial charge on any atom is 0.315 e. The number of rotatable bonds is 7. The molecule has 2 aliphatic rings. The van der Waals surface area contributed by atoms with Gasteiger partial charge in [0.1, 0.15) is 0 Å². The Labute approximate surface area is 160 Å². The summed E-state index contributed by atoms with van der Waals surface area (Å²) in [6.07, 6.45) is 6.81. The topological polar surface area (TPSA) is 79.9 Å². The summed E-state index contributed by atoms with van der Waals surface area (Å²) in [5.41, 5.74) is 1.00. The van der Waals surface area contributed by atoms with E-state index in [9.17, 15) is 9.59 Å². The number of carbonyl (C=O) groups excluding carboxylic acids is 2. The van der Waals surface area contributed by atoms with Gasteiger partial charge in [-0.05, 0) is 37.0 Å². The SMILES string of the molecule is CN(Cc1ccc2c(c1)OCO2)C(=O)CCCNC(=O)NC1CCCCC1. The van der Waals surface area contributed by atoms with Crippen molar-refractivity contribution in [3.8, 4) is 11.5 Å². The first-order valence-electron chi connectivity index (χ1n) is 9.78. The monoisotopic (exact) mass is 375 g/mol. The van der Waals surface area contributed by atoms with E-state index in [2.05, 4.69) is 10.6 Å². The second-order valence-corrected chi connectivity index (χ2v) is 7.28. The van der Waals surface area contributed by atoms with Crippen molar-refractivity contribution < 1.29 is 19.1 Å². The predicted octanol–water partition coefficient (Wildman–Crippen LogP) is 2.79. The van der Waals surface area contributed by atoms with E-state index < -0.39 is 0 Å². The quantitative estimate of drug-likeness (QED) is 0.718. The van der Waals surface area contributed by atoms with Crippen molar-refractivity contribution in [3.63, 3.8) is 0 Å². The summed E-state index contributed by atoms with van der Waals surface area (Å²) in [7, 11) is 1.79. The van der Waals surface area contributed by atoms with Crippen LogP contribution in [-0.4, -0.2) is 43.3 Å². The molecule has 0 saturated heterocycles. The van der Waals surface area contributed by atoms with Gasteiger partial charge in [0.05, 0.1) is 0 Å². The van der Waals surface area contributed by atoms with Gasteiger partial charge in [-0.25, -0.2) is 4.79 Å². The lowest BCUT2D eigenvalue weighted by Crippen LogP contribution is -2.43. The zero-order valence-corrected chi connectivity index (χ0v) is 16.0. The summed E-state index contributed by atoms with van der Waals surface area (Å²) in [6, 6.07) is 5.89. The van der Waals surface area contributed by atoms with Gasteiger partial charge in [-0.1, -0.05) is 25.3 Å². The highest BCUT2D eigenvalue weighted by Crippen LogP contribution is 2.32. The number of urea groups is 1. The van der Waals surface area contributed by atoms with Crippen LogP contribution in [0.1, 0.15) is 50.5 Å². The van der Waals surface area contributed by atoms with E-state index in [1.807, 2.05) is 18.2 Å². The first-order chi connectivity index (χ1) is 13.1. The Morgan fingerprint density at radius 3 is 2.74 bits per heavy atom. The van der Waals surface area contributed by atoms with Gasteiger partial charge < -0.3 is 25.0 Å².